The van der Waals surface area contributed by atoms with Crippen LogP contribution in [0.1, 0.15) is 62.5 Å². The number of halogens is 4. The Hall–Kier alpha value is -4.86. The zero-order valence-electron chi connectivity index (χ0n) is 39.6. The van der Waals surface area contributed by atoms with E-state index in [1.807, 2.05) is 0 Å². The van der Waals surface area contributed by atoms with Gasteiger partial charge >= 0.3 is 0 Å². The van der Waals surface area contributed by atoms with E-state index < -0.39 is 76.2 Å². The lowest BCUT2D eigenvalue weighted by molar-refractivity contribution is -0.119. The molecule has 0 radical (unpaired) electrons. The monoisotopic (exact) mass is 1160 g/mol. The molecule has 14 nitrogen and oxygen atoms in total. The Labute approximate surface area is 450 Å². The van der Waals surface area contributed by atoms with Gasteiger partial charge in [-0.1, -0.05) is 109 Å². The lowest BCUT2D eigenvalue weighted by Crippen LogP contribution is -2.24. The van der Waals surface area contributed by atoms with E-state index in [4.69, 9.17) is 46.4 Å². The molecule has 2 amide bonds. The highest BCUT2D eigenvalue weighted by atomic mass is 35.5. The predicted octanol–water partition coefficient (Wildman–Crippen LogP) is 10.2. The zero-order valence-corrected chi connectivity index (χ0v) is 45.9. The van der Waals surface area contributed by atoms with E-state index in [0.29, 0.717) is 70.4 Å². The first-order chi connectivity index (χ1) is 34.9. The van der Waals surface area contributed by atoms with Crippen LogP contribution in [0.25, 0.3) is 22.3 Å². The molecule has 392 valence electrons. The fraction of sp³-hybridized carbons (Fsp3) is 0.269. The highest BCUT2D eigenvalue weighted by Crippen LogP contribution is 2.41. The summed E-state index contributed by atoms with van der Waals surface area (Å²) in [5.74, 6) is -3.03. The second-order valence-corrected chi connectivity index (χ2v) is 28.2. The molecular weight excluding hydrogens is 1110 g/mol. The SMILES string of the molecule is CCS(=O)(=O)c1ccc([C@@H](CO)C(=O)Nc2cc(Cl)c(-c3ccc(S(=O)(=O)C4CC4)cc3)c(Cl)c2)cc1.CCS(=O)(=O)c1ccc([C@H](CO)C(=O)Nc2cc(Cl)c(-c3ccc(S(=O)(=O)C4CC4)cc3)c(Cl)c2)cc1. The lowest BCUT2D eigenvalue weighted by atomic mass is 9.99. The molecule has 4 N–H and O–H groups in total. The van der Waals surface area contributed by atoms with Gasteiger partial charge in [0.2, 0.25) is 11.8 Å². The van der Waals surface area contributed by atoms with Crippen molar-refractivity contribution in [1.29, 1.82) is 0 Å². The number of aliphatic hydroxyl groups excluding tert-OH is 2. The zero-order chi connectivity index (χ0) is 53.9. The summed E-state index contributed by atoms with van der Waals surface area (Å²) in [5, 5.41) is 25.4. The number of sulfone groups is 4. The number of hydrogen-bond donors (Lipinski definition) is 4. The third-order valence-corrected chi connectivity index (χ3v) is 21.8. The predicted molar refractivity (Wildman–Crippen MR) is 289 cm³/mol. The van der Waals surface area contributed by atoms with Gasteiger partial charge in [0.05, 0.1) is 86.7 Å². The van der Waals surface area contributed by atoms with Crippen LogP contribution in [0, 0.1) is 0 Å². The third-order valence-electron chi connectivity index (χ3n) is 12.5. The molecule has 2 aliphatic rings. The number of hydrogen-bond acceptors (Lipinski definition) is 12. The minimum absolute atomic E-state index is 0.0442. The minimum atomic E-state index is -3.39. The summed E-state index contributed by atoms with van der Waals surface area (Å²) in [5.41, 5.74) is 3.73. The first-order valence-corrected chi connectivity index (χ1v) is 31.0. The van der Waals surface area contributed by atoms with Gasteiger partial charge < -0.3 is 20.8 Å². The Morgan fingerprint density at radius 2 is 0.743 bits per heavy atom. The van der Waals surface area contributed by atoms with E-state index in [1.54, 1.807) is 38.1 Å². The van der Waals surface area contributed by atoms with Crippen LogP contribution in [-0.4, -0.2) is 90.9 Å². The first kappa shape index (κ1) is 56.9. The molecule has 0 unspecified atom stereocenters. The van der Waals surface area contributed by atoms with Crippen molar-refractivity contribution in [3.8, 4) is 22.3 Å². The summed E-state index contributed by atoms with van der Waals surface area (Å²) >= 11 is 25.9. The Bertz CT molecular complexity index is 3260. The second kappa shape index (κ2) is 23.2. The molecule has 74 heavy (non-hydrogen) atoms. The van der Waals surface area contributed by atoms with Gasteiger partial charge in [-0.3, -0.25) is 9.59 Å². The molecule has 0 aromatic heterocycles. The van der Waals surface area contributed by atoms with Crippen LogP contribution in [0.3, 0.4) is 0 Å². The van der Waals surface area contributed by atoms with Crippen LogP contribution in [0.2, 0.25) is 20.1 Å². The van der Waals surface area contributed by atoms with Gasteiger partial charge in [-0.15, -0.1) is 0 Å². The maximum absolute atomic E-state index is 12.9. The molecule has 2 atom stereocenters. The van der Waals surface area contributed by atoms with Crippen molar-refractivity contribution < 1.29 is 53.5 Å². The van der Waals surface area contributed by atoms with Gasteiger partial charge in [0.15, 0.2) is 39.3 Å². The minimum Gasteiger partial charge on any atom is -0.395 e. The van der Waals surface area contributed by atoms with Crippen molar-refractivity contribution >= 4 is 109 Å². The molecule has 0 bridgehead atoms. The highest BCUT2D eigenvalue weighted by molar-refractivity contribution is 7.93. The summed E-state index contributed by atoms with van der Waals surface area (Å²) in [6.45, 7) is 2.09. The van der Waals surface area contributed by atoms with E-state index in [9.17, 15) is 53.5 Å². The Balaban J connectivity index is 0.000000216. The number of carbonyl (C=O) groups is 2. The van der Waals surface area contributed by atoms with Gasteiger partial charge in [-0.2, -0.15) is 0 Å². The number of rotatable bonds is 18. The smallest absolute Gasteiger partial charge is 0.234 e. The average molecular weight is 1170 g/mol. The van der Waals surface area contributed by atoms with E-state index >= 15 is 0 Å². The van der Waals surface area contributed by atoms with Crippen molar-refractivity contribution in [3.05, 3.63) is 153 Å². The largest absolute Gasteiger partial charge is 0.395 e. The van der Waals surface area contributed by atoms with Gasteiger partial charge in [0, 0.05) is 22.5 Å². The van der Waals surface area contributed by atoms with Gasteiger partial charge in [-0.05, 0) is 121 Å². The molecule has 0 saturated heterocycles. The molecule has 2 aliphatic carbocycles. The number of aliphatic hydroxyl groups is 2. The van der Waals surface area contributed by atoms with Crippen LogP contribution < -0.4 is 10.6 Å². The van der Waals surface area contributed by atoms with E-state index in [2.05, 4.69) is 10.6 Å². The van der Waals surface area contributed by atoms with Crippen molar-refractivity contribution in [1.82, 2.24) is 0 Å². The molecule has 22 heteroatoms. The number of benzene rings is 6. The lowest BCUT2D eigenvalue weighted by Gasteiger charge is -2.17. The van der Waals surface area contributed by atoms with Crippen molar-refractivity contribution in [2.75, 3.05) is 35.4 Å². The van der Waals surface area contributed by atoms with Crippen molar-refractivity contribution in [2.24, 2.45) is 0 Å². The maximum atomic E-state index is 12.9. The second-order valence-electron chi connectivity index (χ2n) is 17.6. The van der Waals surface area contributed by atoms with Crippen molar-refractivity contribution in [3.63, 3.8) is 0 Å². The summed E-state index contributed by atoms with van der Waals surface area (Å²) in [6, 6.07) is 30.4. The van der Waals surface area contributed by atoms with Crippen LogP contribution in [0.15, 0.2) is 141 Å². The molecular formula is C52H50Cl4N2O12S4. The Morgan fingerprint density at radius 1 is 0.473 bits per heavy atom. The van der Waals surface area contributed by atoms with Crippen LogP contribution >= 0.6 is 46.4 Å². The molecule has 6 aromatic rings. The first-order valence-electron chi connectivity index (χ1n) is 23.1. The molecule has 0 spiro atoms. The highest BCUT2D eigenvalue weighted by Gasteiger charge is 2.38. The molecule has 0 heterocycles. The van der Waals surface area contributed by atoms with E-state index in [0.717, 1.165) is 0 Å². The number of nitrogens with one attached hydrogen (secondary N) is 2. The van der Waals surface area contributed by atoms with Gasteiger partial charge in [-0.25, -0.2) is 33.7 Å². The quantitative estimate of drug-likeness (QED) is 0.0629. The topological polar surface area (TPSA) is 235 Å². The number of anilines is 2. The maximum Gasteiger partial charge on any atom is 0.234 e. The standard InChI is InChI=1S/2C26H25Cl2NO6S2/c2*1-2-36(32,33)19-7-3-16(4-8-19)22(15-30)26(31)29-18-13-23(27)25(24(28)14-18)17-5-9-20(10-6-17)37(34,35)21-11-12-21/h2*3-10,13-14,21-22,30H,2,11-12,15H2,1H3,(H,29,31)/t2*22-/m10/s1. The van der Waals surface area contributed by atoms with Crippen LogP contribution in [0.4, 0.5) is 11.4 Å². The average Bonchev–Trinajstić information content (AvgIpc) is 4.30. The van der Waals surface area contributed by atoms with Gasteiger partial charge in [0.25, 0.3) is 0 Å². The normalized spacial score (nSPS) is 14.8. The summed E-state index contributed by atoms with van der Waals surface area (Å²) in [6.07, 6.45) is 2.71. The Kier molecular flexibility index (Phi) is 17.8. The molecule has 8 rings (SSSR count). The summed E-state index contributed by atoms with van der Waals surface area (Å²) in [7, 11) is -13.4. The third kappa shape index (κ3) is 12.9. The molecule has 6 aromatic carbocycles. The summed E-state index contributed by atoms with van der Waals surface area (Å²) in [4.78, 5) is 26.6. The fourth-order valence-corrected chi connectivity index (χ4v) is 14.4. The van der Waals surface area contributed by atoms with Crippen molar-refractivity contribution in [2.45, 2.75) is 81.4 Å². The fourth-order valence-electron chi connectivity index (χ4n) is 7.89. The number of amides is 2. The van der Waals surface area contributed by atoms with Crippen LogP contribution in [-0.2, 0) is 48.9 Å². The van der Waals surface area contributed by atoms with Crippen LogP contribution in [0.5, 0.6) is 0 Å². The molecule has 2 saturated carbocycles. The number of carbonyl (C=O) groups excluding carboxylic acids is 2. The molecule has 2 fully saturated rings. The summed E-state index contributed by atoms with van der Waals surface area (Å²) < 4.78 is 97.9. The van der Waals surface area contributed by atoms with E-state index in [-0.39, 0.29) is 61.7 Å². The Morgan fingerprint density at radius 3 is 0.986 bits per heavy atom. The van der Waals surface area contributed by atoms with Gasteiger partial charge in [0.1, 0.15) is 0 Å². The molecule has 0 aliphatic heterocycles. The van der Waals surface area contributed by atoms with E-state index in [1.165, 1.54) is 97.1 Å².